The molecule has 4 rings (SSSR count). The zero-order valence-corrected chi connectivity index (χ0v) is 12.4. The smallest absolute Gasteiger partial charge is 0.332 e. The van der Waals surface area contributed by atoms with Gasteiger partial charge in [-0.3, -0.25) is 4.79 Å². The number of rotatable bonds is 3. The van der Waals surface area contributed by atoms with Crippen LogP contribution in [0.4, 0.5) is 0 Å². The van der Waals surface area contributed by atoms with E-state index in [0.717, 1.165) is 11.1 Å². The molecule has 118 valence electrons. The van der Waals surface area contributed by atoms with E-state index in [1.54, 1.807) is 6.07 Å². The highest BCUT2D eigenvalue weighted by molar-refractivity contribution is 5.94. The Balaban J connectivity index is 1.93. The Morgan fingerprint density at radius 2 is 1.83 bits per heavy atom. The lowest BCUT2D eigenvalue weighted by molar-refractivity contribution is 0.0995. The Bertz CT molecular complexity index is 1110. The van der Waals surface area contributed by atoms with Gasteiger partial charge in [0.05, 0.1) is 11.0 Å². The zero-order chi connectivity index (χ0) is 16.7. The maximum atomic E-state index is 12.3. The van der Waals surface area contributed by atoms with Gasteiger partial charge in [-0.15, -0.1) is 10.2 Å². The summed E-state index contributed by atoms with van der Waals surface area (Å²) < 4.78 is 1.27. The highest BCUT2D eigenvalue weighted by Crippen LogP contribution is 2.24. The number of carbonyl (C=O) groups is 1. The summed E-state index contributed by atoms with van der Waals surface area (Å²) >= 11 is 0. The molecule has 0 aliphatic rings. The Morgan fingerprint density at radius 1 is 1.04 bits per heavy atom. The number of primary amides is 1. The van der Waals surface area contributed by atoms with Gasteiger partial charge >= 0.3 is 5.69 Å². The van der Waals surface area contributed by atoms with E-state index in [1.807, 2.05) is 42.5 Å². The number of aromatic nitrogens is 5. The molecule has 2 aromatic heterocycles. The number of nitrogens with zero attached hydrogens (tertiary/aromatic N) is 3. The molecule has 24 heavy (non-hydrogen) atoms. The van der Waals surface area contributed by atoms with Gasteiger partial charge in [0.2, 0.25) is 0 Å². The van der Waals surface area contributed by atoms with Gasteiger partial charge in [0.15, 0.2) is 11.5 Å². The standard InChI is InChI=1S/C16H12N6O2/c17-14(23)13-15(20-21-19-13)22-12-7-6-10(8-11(12)18-16(22)24)9-4-2-1-3-5-9/h1-8H,(H2,17,23)(H,18,24)(H,19,20,21). The molecular formula is C16H12N6O2. The molecule has 2 heterocycles. The van der Waals surface area contributed by atoms with Gasteiger partial charge in [-0.25, -0.2) is 9.36 Å². The molecule has 0 atom stereocenters. The number of aromatic amines is 2. The van der Waals surface area contributed by atoms with E-state index in [1.165, 1.54) is 4.57 Å². The maximum Gasteiger partial charge on any atom is 0.332 e. The van der Waals surface area contributed by atoms with Gasteiger partial charge in [-0.2, -0.15) is 5.21 Å². The SMILES string of the molecule is NC(=O)c1n[nH]nc1-n1c(=O)[nH]c2cc(-c3ccccc3)ccc21. The molecule has 0 radical (unpaired) electrons. The van der Waals surface area contributed by atoms with Crippen LogP contribution in [0.15, 0.2) is 53.3 Å². The Hall–Kier alpha value is -3.68. The molecule has 4 N–H and O–H groups in total. The van der Waals surface area contributed by atoms with Crippen molar-refractivity contribution in [2.75, 3.05) is 0 Å². The lowest BCUT2D eigenvalue weighted by Crippen LogP contribution is -2.20. The summed E-state index contributed by atoms with van der Waals surface area (Å²) in [5, 5.41) is 9.90. The number of hydrogen-bond donors (Lipinski definition) is 3. The first-order chi connectivity index (χ1) is 11.6. The summed E-state index contributed by atoms with van der Waals surface area (Å²) in [5.41, 5.74) is 7.96. The predicted molar refractivity (Wildman–Crippen MR) is 87.8 cm³/mol. The quantitative estimate of drug-likeness (QED) is 0.525. The number of hydrogen-bond acceptors (Lipinski definition) is 4. The van der Waals surface area contributed by atoms with E-state index in [-0.39, 0.29) is 11.5 Å². The monoisotopic (exact) mass is 320 g/mol. The highest BCUT2D eigenvalue weighted by Gasteiger charge is 2.19. The predicted octanol–water partition coefficient (Wildman–Crippen LogP) is 1.20. The van der Waals surface area contributed by atoms with E-state index in [4.69, 9.17) is 5.73 Å². The van der Waals surface area contributed by atoms with Crippen LogP contribution in [0.25, 0.3) is 28.0 Å². The van der Waals surface area contributed by atoms with Crippen molar-refractivity contribution in [2.45, 2.75) is 0 Å². The summed E-state index contributed by atoms with van der Waals surface area (Å²) in [6.45, 7) is 0. The van der Waals surface area contributed by atoms with Crippen LogP contribution in [0.1, 0.15) is 10.5 Å². The van der Waals surface area contributed by atoms with Crippen molar-refractivity contribution in [3.63, 3.8) is 0 Å². The molecule has 0 saturated heterocycles. The average molecular weight is 320 g/mol. The number of fused-ring (bicyclic) bond motifs is 1. The minimum absolute atomic E-state index is 0.0752. The summed E-state index contributed by atoms with van der Waals surface area (Å²) in [6.07, 6.45) is 0. The van der Waals surface area contributed by atoms with Crippen LogP contribution in [0.2, 0.25) is 0 Å². The minimum Gasteiger partial charge on any atom is -0.364 e. The first-order valence-corrected chi connectivity index (χ1v) is 7.16. The van der Waals surface area contributed by atoms with E-state index in [2.05, 4.69) is 20.4 Å². The summed E-state index contributed by atoms with van der Waals surface area (Å²) in [4.78, 5) is 26.5. The molecule has 1 amide bonds. The van der Waals surface area contributed by atoms with Gasteiger partial charge < -0.3 is 10.7 Å². The number of nitrogens with one attached hydrogen (secondary N) is 2. The van der Waals surface area contributed by atoms with Gasteiger partial charge in [0.1, 0.15) is 0 Å². The molecule has 2 aromatic carbocycles. The van der Waals surface area contributed by atoms with Crippen LogP contribution >= 0.6 is 0 Å². The first-order valence-electron chi connectivity index (χ1n) is 7.16. The van der Waals surface area contributed by atoms with E-state index in [0.29, 0.717) is 11.0 Å². The molecule has 0 unspecified atom stereocenters. The molecule has 0 spiro atoms. The third-order valence-corrected chi connectivity index (χ3v) is 3.76. The second-order valence-electron chi connectivity index (χ2n) is 5.22. The molecule has 8 nitrogen and oxygen atoms in total. The topological polar surface area (TPSA) is 122 Å². The van der Waals surface area contributed by atoms with Crippen molar-refractivity contribution in [3.05, 3.63) is 64.7 Å². The van der Waals surface area contributed by atoms with Crippen LogP contribution in [0.3, 0.4) is 0 Å². The van der Waals surface area contributed by atoms with Crippen molar-refractivity contribution in [3.8, 4) is 16.9 Å². The lowest BCUT2D eigenvalue weighted by Gasteiger charge is -2.03. The fourth-order valence-electron chi connectivity index (χ4n) is 2.68. The van der Waals surface area contributed by atoms with Gasteiger partial charge in [0, 0.05) is 0 Å². The van der Waals surface area contributed by atoms with Crippen molar-refractivity contribution >= 4 is 16.9 Å². The summed E-state index contributed by atoms with van der Waals surface area (Å²) in [7, 11) is 0. The second-order valence-corrected chi connectivity index (χ2v) is 5.22. The third-order valence-electron chi connectivity index (χ3n) is 3.76. The largest absolute Gasteiger partial charge is 0.364 e. The van der Waals surface area contributed by atoms with Crippen LogP contribution in [-0.2, 0) is 0 Å². The van der Waals surface area contributed by atoms with E-state index in [9.17, 15) is 9.59 Å². The summed E-state index contributed by atoms with van der Waals surface area (Å²) in [5.74, 6) is -0.688. The Morgan fingerprint density at radius 3 is 2.58 bits per heavy atom. The number of nitrogens with two attached hydrogens (primary N) is 1. The molecule has 0 saturated carbocycles. The molecular weight excluding hydrogens is 308 g/mol. The van der Waals surface area contributed by atoms with Gasteiger partial charge in [-0.1, -0.05) is 36.4 Å². The van der Waals surface area contributed by atoms with Gasteiger partial charge in [-0.05, 0) is 23.3 Å². The van der Waals surface area contributed by atoms with Crippen molar-refractivity contribution in [2.24, 2.45) is 5.73 Å². The van der Waals surface area contributed by atoms with Crippen LogP contribution in [0.5, 0.6) is 0 Å². The first kappa shape index (κ1) is 13.9. The number of imidazole rings is 1. The van der Waals surface area contributed by atoms with Crippen molar-refractivity contribution in [1.82, 2.24) is 25.0 Å². The number of amides is 1. The summed E-state index contributed by atoms with van der Waals surface area (Å²) in [6, 6.07) is 15.4. The van der Waals surface area contributed by atoms with Crippen molar-refractivity contribution in [1.29, 1.82) is 0 Å². The molecule has 0 aliphatic carbocycles. The minimum atomic E-state index is -0.763. The van der Waals surface area contributed by atoms with Crippen LogP contribution in [-0.4, -0.2) is 30.9 Å². The number of carbonyl (C=O) groups excluding carboxylic acids is 1. The molecule has 4 aromatic rings. The number of benzene rings is 2. The van der Waals surface area contributed by atoms with Crippen molar-refractivity contribution < 1.29 is 4.79 Å². The highest BCUT2D eigenvalue weighted by atomic mass is 16.2. The third kappa shape index (κ3) is 2.09. The normalized spacial score (nSPS) is 11.0. The molecule has 8 heteroatoms. The van der Waals surface area contributed by atoms with E-state index < -0.39 is 11.6 Å². The van der Waals surface area contributed by atoms with Gasteiger partial charge in [0.25, 0.3) is 5.91 Å². The fraction of sp³-hybridized carbons (Fsp3) is 0. The van der Waals surface area contributed by atoms with Crippen LogP contribution < -0.4 is 11.4 Å². The molecule has 0 bridgehead atoms. The second kappa shape index (κ2) is 5.20. The Labute approximate surface area is 134 Å². The Kier molecular flexibility index (Phi) is 3.02. The maximum absolute atomic E-state index is 12.3. The average Bonchev–Trinajstić information content (AvgIpc) is 3.18. The van der Waals surface area contributed by atoms with E-state index >= 15 is 0 Å². The fourth-order valence-corrected chi connectivity index (χ4v) is 2.68. The molecule has 0 fully saturated rings. The van der Waals surface area contributed by atoms with Crippen LogP contribution in [0, 0.1) is 0 Å². The zero-order valence-electron chi connectivity index (χ0n) is 12.4. The number of H-pyrrole nitrogens is 2. The molecule has 0 aliphatic heterocycles. The lowest BCUT2D eigenvalue weighted by atomic mass is 10.1.